The van der Waals surface area contributed by atoms with Gasteiger partial charge in [0.1, 0.15) is 17.1 Å². The Morgan fingerprint density at radius 3 is 2.47 bits per heavy atom. The van der Waals surface area contributed by atoms with E-state index in [2.05, 4.69) is 25.4 Å². The highest BCUT2D eigenvalue weighted by Gasteiger charge is 2.16. The van der Waals surface area contributed by atoms with Crippen LogP contribution in [0, 0.1) is 20.8 Å². The Bertz CT molecular complexity index is 1560. The molecule has 0 aliphatic heterocycles. The molecule has 4 aromatic heterocycles. The third-order valence-electron chi connectivity index (χ3n) is 5.13. The molecule has 170 valence electrons. The molecule has 1 N–H and O–H groups in total. The molecule has 0 saturated carbocycles. The molecule has 1 amide bonds. The van der Waals surface area contributed by atoms with Gasteiger partial charge in [-0.2, -0.15) is 9.78 Å². The van der Waals surface area contributed by atoms with Gasteiger partial charge in [0.15, 0.2) is 0 Å². The molecule has 0 aliphatic carbocycles. The van der Waals surface area contributed by atoms with Crippen LogP contribution in [0.2, 0.25) is 0 Å². The Morgan fingerprint density at radius 2 is 1.74 bits per heavy atom. The van der Waals surface area contributed by atoms with Crippen molar-refractivity contribution in [1.82, 2.24) is 29.3 Å². The number of anilines is 1. The SMILES string of the molecule is Cc1cc(C)nc(-n2nc(C)cc2NC(=O)Cn2cnc3cc(-c4ccccc4)sc3c2=O)n1. The number of hydrogen-bond acceptors (Lipinski definition) is 7. The molecule has 5 aromatic rings. The molecule has 9 nitrogen and oxygen atoms in total. The molecule has 34 heavy (non-hydrogen) atoms. The first kappa shape index (κ1) is 21.7. The first-order valence-electron chi connectivity index (χ1n) is 10.6. The van der Waals surface area contributed by atoms with E-state index in [9.17, 15) is 9.59 Å². The number of amides is 1. The monoisotopic (exact) mass is 471 g/mol. The van der Waals surface area contributed by atoms with Gasteiger partial charge in [-0.1, -0.05) is 30.3 Å². The molecular formula is C24H21N7O2S. The minimum Gasteiger partial charge on any atom is -0.309 e. The Kier molecular flexibility index (Phi) is 5.50. The van der Waals surface area contributed by atoms with Crippen LogP contribution in [0.1, 0.15) is 17.1 Å². The van der Waals surface area contributed by atoms with Crippen molar-refractivity contribution in [2.24, 2.45) is 0 Å². The maximum absolute atomic E-state index is 13.0. The van der Waals surface area contributed by atoms with E-state index in [-0.39, 0.29) is 18.0 Å². The number of carbonyl (C=O) groups is 1. The van der Waals surface area contributed by atoms with E-state index in [1.807, 2.05) is 63.2 Å². The molecule has 1 aromatic carbocycles. The number of carbonyl (C=O) groups excluding carboxylic acids is 1. The fraction of sp³-hybridized carbons (Fsp3) is 0.167. The van der Waals surface area contributed by atoms with E-state index in [0.717, 1.165) is 21.8 Å². The summed E-state index contributed by atoms with van der Waals surface area (Å²) < 4.78 is 3.31. The summed E-state index contributed by atoms with van der Waals surface area (Å²) in [6.45, 7) is 5.38. The van der Waals surface area contributed by atoms with Crippen LogP contribution < -0.4 is 10.9 Å². The van der Waals surface area contributed by atoms with Crippen LogP contribution in [-0.4, -0.2) is 35.2 Å². The molecule has 0 bridgehead atoms. The van der Waals surface area contributed by atoms with Crippen molar-refractivity contribution in [3.63, 3.8) is 0 Å². The number of aromatic nitrogens is 6. The summed E-state index contributed by atoms with van der Waals surface area (Å²) >= 11 is 1.37. The van der Waals surface area contributed by atoms with Crippen molar-refractivity contribution in [2.45, 2.75) is 27.3 Å². The van der Waals surface area contributed by atoms with E-state index in [0.29, 0.717) is 27.7 Å². The summed E-state index contributed by atoms with van der Waals surface area (Å²) in [5, 5.41) is 7.23. The van der Waals surface area contributed by atoms with Gasteiger partial charge in [0.05, 0.1) is 17.5 Å². The Balaban J connectivity index is 1.41. The molecule has 0 saturated heterocycles. The van der Waals surface area contributed by atoms with Crippen molar-refractivity contribution in [2.75, 3.05) is 5.32 Å². The lowest BCUT2D eigenvalue weighted by Crippen LogP contribution is -2.28. The standard InChI is InChI=1S/C24H21N7O2S/c1-14-9-15(2)27-24(26-14)31-20(10-16(3)29-31)28-21(32)12-30-13-25-18-11-19(34-22(18)23(30)33)17-7-5-4-6-8-17/h4-11,13H,12H2,1-3H3,(H,28,32). The Labute approximate surface area is 198 Å². The first-order valence-corrected chi connectivity index (χ1v) is 11.4. The molecule has 0 spiro atoms. The van der Waals surface area contributed by atoms with Gasteiger partial charge in [0.2, 0.25) is 5.91 Å². The maximum atomic E-state index is 13.0. The van der Waals surface area contributed by atoms with Crippen LogP contribution >= 0.6 is 11.3 Å². The highest BCUT2D eigenvalue weighted by atomic mass is 32.1. The fourth-order valence-electron chi connectivity index (χ4n) is 3.68. The average molecular weight is 472 g/mol. The molecule has 0 fully saturated rings. The van der Waals surface area contributed by atoms with Crippen LogP contribution in [-0.2, 0) is 11.3 Å². The first-order chi connectivity index (χ1) is 16.4. The van der Waals surface area contributed by atoms with Gasteiger partial charge in [0.25, 0.3) is 11.5 Å². The summed E-state index contributed by atoms with van der Waals surface area (Å²) in [5.41, 5.74) is 3.67. The van der Waals surface area contributed by atoms with Crippen LogP contribution in [0.25, 0.3) is 26.6 Å². The third kappa shape index (κ3) is 4.23. The number of rotatable bonds is 5. The van der Waals surface area contributed by atoms with Crippen molar-refractivity contribution in [1.29, 1.82) is 0 Å². The van der Waals surface area contributed by atoms with Gasteiger partial charge in [-0.05, 0) is 38.5 Å². The summed E-state index contributed by atoms with van der Waals surface area (Å²) in [6.07, 6.45) is 1.40. The second kappa shape index (κ2) is 8.64. The van der Waals surface area contributed by atoms with Gasteiger partial charge in [-0.3, -0.25) is 14.2 Å². The minimum atomic E-state index is -0.381. The molecule has 0 radical (unpaired) electrons. The van der Waals surface area contributed by atoms with Crippen LogP contribution in [0.3, 0.4) is 0 Å². The summed E-state index contributed by atoms with van der Waals surface area (Å²) in [5.74, 6) is 0.416. The number of thiophene rings is 1. The van der Waals surface area contributed by atoms with Gasteiger partial charge in [-0.25, -0.2) is 15.0 Å². The maximum Gasteiger partial charge on any atom is 0.271 e. The predicted molar refractivity (Wildman–Crippen MR) is 131 cm³/mol. The molecule has 0 unspecified atom stereocenters. The number of aryl methyl sites for hydroxylation is 3. The third-order valence-corrected chi connectivity index (χ3v) is 6.30. The molecule has 10 heteroatoms. The van der Waals surface area contributed by atoms with Crippen LogP contribution in [0.5, 0.6) is 0 Å². The summed E-state index contributed by atoms with van der Waals surface area (Å²) in [4.78, 5) is 40.1. The normalized spacial score (nSPS) is 11.1. The molecule has 5 rings (SSSR count). The topological polar surface area (TPSA) is 108 Å². The highest BCUT2D eigenvalue weighted by molar-refractivity contribution is 7.22. The van der Waals surface area contributed by atoms with Crippen molar-refractivity contribution < 1.29 is 4.79 Å². The second-order valence-corrected chi connectivity index (χ2v) is 9.00. The second-order valence-electron chi connectivity index (χ2n) is 7.95. The van der Waals surface area contributed by atoms with Crippen LogP contribution in [0.15, 0.2) is 59.7 Å². The lowest BCUT2D eigenvalue weighted by Gasteiger charge is -2.09. The van der Waals surface area contributed by atoms with Crippen molar-refractivity contribution in [3.8, 4) is 16.4 Å². The number of fused-ring (bicyclic) bond motifs is 1. The van der Waals surface area contributed by atoms with Crippen molar-refractivity contribution >= 4 is 33.3 Å². The number of hydrogen-bond donors (Lipinski definition) is 1. The minimum absolute atomic E-state index is 0.182. The largest absolute Gasteiger partial charge is 0.309 e. The summed E-state index contributed by atoms with van der Waals surface area (Å²) in [6, 6.07) is 15.3. The lowest BCUT2D eigenvalue weighted by molar-refractivity contribution is -0.116. The number of benzene rings is 1. The molecule has 4 heterocycles. The zero-order valence-electron chi connectivity index (χ0n) is 18.8. The number of nitrogens with zero attached hydrogens (tertiary/aromatic N) is 6. The number of nitrogens with one attached hydrogen (secondary N) is 1. The van der Waals surface area contributed by atoms with Gasteiger partial charge < -0.3 is 5.32 Å². The van der Waals surface area contributed by atoms with E-state index in [4.69, 9.17) is 0 Å². The van der Waals surface area contributed by atoms with Crippen molar-refractivity contribution in [3.05, 3.63) is 82.3 Å². The van der Waals surface area contributed by atoms with Gasteiger partial charge in [-0.15, -0.1) is 11.3 Å². The molecule has 0 aliphatic rings. The van der Waals surface area contributed by atoms with Gasteiger partial charge >= 0.3 is 0 Å². The van der Waals surface area contributed by atoms with E-state index in [1.165, 1.54) is 26.9 Å². The van der Waals surface area contributed by atoms with Crippen LogP contribution in [0.4, 0.5) is 5.82 Å². The highest BCUT2D eigenvalue weighted by Crippen LogP contribution is 2.30. The predicted octanol–water partition coefficient (Wildman–Crippen LogP) is 3.66. The zero-order valence-corrected chi connectivity index (χ0v) is 19.6. The molecule has 0 atom stereocenters. The zero-order chi connectivity index (χ0) is 23.8. The Hall–Kier alpha value is -4.18. The Morgan fingerprint density at radius 1 is 1.00 bits per heavy atom. The summed E-state index contributed by atoms with van der Waals surface area (Å²) in [7, 11) is 0. The molecular weight excluding hydrogens is 450 g/mol. The average Bonchev–Trinajstić information content (AvgIpc) is 3.39. The van der Waals surface area contributed by atoms with E-state index < -0.39 is 0 Å². The lowest BCUT2D eigenvalue weighted by atomic mass is 10.2. The fourth-order valence-corrected chi connectivity index (χ4v) is 4.75. The van der Waals surface area contributed by atoms with E-state index >= 15 is 0 Å². The van der Waals surface area contributed by atoms with E-state index in [1.54, 1.807) is 6.07 Å². The smallest absolute Gasteiger partial charge is 0.271 e. The van der Waals surface area contributed by atoms with Gasteiger partial charge in [0, 0.05) is 22.3 Å². The quantitative estimate of drug-likeness (QED) is 0.419.